The fraction of sp³-hybridized carbons (Fsp3) is 0.276. The molecule has 3 aromatic carbocycles. The van der Waals surface area contributed by atoms with Gasteiger partial charge in [0, 0.05) is 18.2 Å². The van der Waals surface area contributed by atoms with Gasteiger partial charge in [0.1, 0.15) is 11.6 Å². The molecule has 0 saturated heterocycles. The van der Waals surface area contributed by atoms with E-state index in [1.807, 2.05) is 56.3 Å². The Morgan fingerprint density at radius 1 is 1.13 bits per heavy atom. The van der Waals surface area contributed by atoms with Crippen LogP contribution in [0.3, 0.4) is 0 Å². The number of fused-ring (bicyclic) bond motifs is 1. The summed E-state index contributed by atoms with van der Waals surface area (Å²) < 4.78 is 11.8. The predicted molar refractivity (Wildman–Crippen MR) is 150 cm³/mol. The molecule has 0 unspecified atom stereocenters. The standard InChI is InChI=1S/C29H33N5O4/c1-18-10-13-24(25(16-18)38-15-6-5-14-30)34(3)29(36)22-12-11-21(28(37-4)27(22)31-17-35)20-8-7-9-23-26(20)33-19(2)32-23/h7-13,16-17H,5-6,14-15,30H2,1-4H3,(H,31,35)(H,32,33). The Bertz CT molecular complexity index is 1460. The molecule has 2 amide bonds. The van der Waals surface area contributed by atoms with Crippen molar-refractivity contribution in [3.05, 3.63) is 65.5 Å². The van der Waals surface area contributed by atoms with Gasteiger partial charge >= 0.3 is 0 Å². The van der Waals surface area contributed by atoms with E-state index < -0.39 is 0 Å². The number of para-hydroxylation sites is 1. The minimum Gasteiger partial charge on any atom is -0.494 e. The summed E-state index contributed by atoms with van der Waals surface area (Å²) in [7, 11) is 3.19. The van der Waals surface area contributed by atoms with Crippen LogP contribution in [0.2, 0.25) is 0 Å². The van der Waals surface area contributed by atoms with Crippen LogP contribution in [0.15, 0.2) is 48.5 Å². The van der Waals surface area contributed by atoms with Gasteiger partial charge < -0.3 is 30.4 Å². The molecule has 9 nitrogen and oxygen atoms in total. The zero-order valence-corrected chi connectivity index (χ0v) is 22.1. The van der Waals surface area contributed by atoms with Crippen LogP contribution in [-0.4, -0.2) is 49.6 Å². The van der Waals surface area contributed by atoms with Crippen LogP contribution in [-0.2, 0) is 4.79 Å². The number of carbonyl (C=O) groups is 2. The van der Waals surface area contributed by atoms with E-state index in [0.29, 0.717) is 42.3 Å². The summed E-state index contributed by atoms with van der Waals surface area (Å²) in [5.41, 5.74) is 11.0. The molecule has 9 heteroatoms. The number of rotatable bonds is 11. The van der Waals surface area contributed by atoms with Gasteiger partial charge in [0.05, 0.1) is 41.7 Å². The number of ether oxygens (including phenoxy) is 2. The number of methoxy groups -OCH3 is 1. The van der Waals surface area contributed by atoms with E-state index in [1.165, 1.54) is 12.0 Å². The smallest absolute Gasteiger partial charge is 0.260 e. The fourth-order valence-electron chi connectivity index (χ4n) is 4.49. The lowest BCUT2D eigenvalue weighted by Crippen LogP contribution is -2.28. The number of aromatic amines is 1. The van der Waals surface area contributed by atoms with Crippen molar-refractivity contribution >= 4 is 34.7 Å². The molecule has 0 fully saturated rings. The van der Waals surface area contributed by atoms with E-state index in [1.54, 1.807) is 13.1 Å². The summed E-state index contributed by atoms with van der Waals surface area (Å²) in [5.74, 6) is 1.42. The second-order valence-corrected chi connectivity index (χ2v) is 9.03. The Kier molecular flexibility index (Phi) is 8.28. The van der Waals surface area contributed by atoms with Crippen molar-refractivity contribution in [2.24, 2.45) is 5.73 Å². The SMILES string of the molecule is COc1c(-c2cccc3[nH]c(C)nc23)ccc(C(=O)N(C)c2ccc(C)cc2OCCCCN)c1NC=O. The van der Waals surface area contributed by atoms with E-state index in [-0.39, 0.29) is 17.2 Å². The lowest BCUT2D eigenvalue weighted by atomic mass is 9.98. The number of carbonyl (C=O) groups excluding carboxylic acids is 2. The number of hydrogen-bond donors (Lipinski definition) is 3. The number of amides is 2. The van der Waals surface area contributed by atoms with Crippen molar-refractivity contribution in [2.75, 3.05) is 37.5 Å². The largest absolute Gasteiger partial charge is 0.494 e. The van der Waals surface area contributed by atoms with Crippen molar-refractivity contribution in [3.63, 3.8) is 0 Å². The number of aromatic nitrogens is 2. The molecule has 0 bridgehead atoms. The first-order valence-electron chi connectivity index (χ1n) is 12.5. The first-order valence-corrected chi connectivity index (χ1v) is 12.5. The normalized spacial score (nSPS) is 10.9. The number of unbranched alkanes of at least 4 members (excludes halogenated alkanes) is 1. The summed E-state index contributed by atoms with van der Waals surface area (Å²) >= 11 is 0. The second-order valence-electron chi connectivity index (χ2n) is 9.03. The molecule has 1 aromatic heterocycles. The van der Waals surface area contributed by atoms with Crippen LogP contribution in [0.1, 0.15) is 34.6 Å². The molecule has 1 heterocycles. The van der Waals surface area contributed by atoms with Gasteiger partial charge in [-0.1, -0.05) is 18.2 Å². The zero-order valence-electron chi connectivity index (χ0n) is 22.1. The molecule has 4 rings (SSSR count). The Labute approximate surface area is 222 Å². The number of anilines is 2. The first-order chi connectivity index (χ1) is 18.4. The molecule has 0 spiro atoms. The molecular formula is C29H33N5O4. The van der Waals surface area contributed by atoms with Crippen LogP contribution in [0.5, 0.6) is 11.5 Å². The first kappa shape index (κ1) is 26.7. The van der Waals surface area contributed by atoms with Crippen LogP contribution < -0.4 is 25.4 Å². The van der Waals surface area contributed by atoms with Gasteiger partial charge in [0.15, 0.2) is 5.75 Å². The van der Waals surface area contributed by atoms with Crippen LogP contribution in [0.25, 0.3) is 22.2 Å². The molecular weight excluding hydrogens is 482 g/mol. The number of nitrogens with zero attached hydrogens (tertiary/aromatic N) is 2. The van der Waals surface area contributed by atoms with Crippen molar-refractivity contribution < 1.29 is 19.1 Å². The van der Waals surface area contributed by atoms with E-state index >= 15 is 0 Å². The molecule has 38 heavy (non-hydrogen) atoms. The molecule has 0 aliphatic heterocycles. The molecule has 0 saturated carbocycles. The molecule has 4 aromatic rings. The van der Waals surface area contributed by atoms with Gasteiger partial charge in [0.2, 0.25) is 6.41 Å². The zero-order chi connectivity index (χ0) is 27.2. The quantitative estimate of drug-likeness (QED) is 0.194. The average Bonchev–Trinajstić information content (AvgIpc) is 3.30. The molecule has 0 atom stereocenters. The molecule has 0 radical (unpaired) electrons. The van der Waals surface area contributed by atoms with Crippen LogP contribution >= 0.6 is 0 Å². The highest BCUT2D eigenvalue weighted by Gasteiger charge is 2.25. The van der Waals surface area contributed by atoms with Gasteiger partial charge in [-0.25, -0.2) is 4.98 Å². The number of H-pyrrole nitrogens is 1. The minimum atomic E-state index is -0.330. The number of benzene rings is 3. The Morgan fingerprint density at radius 2 is 1.95 bits per heavy atom. The average molecular weight is 516 g/mol. The number of nitrogens with two attached hydrogens (primary N) is 1. The lowest BCUT2D eigenvalue weighted by molar-refractivity contribution is -0.105. The summed E-state index contributed by atoms with van der Waals surface area (Å²) in [6.45, 7) is 4.95. The maximum atomic E-state index is 13.8. The van der Waals surface area contributed by atoms with Crippen LogP contribution in [0, 0.1) is 13.8 Å². The van der Waals surface area contributed by atoms with Crippen molar-refractivity contribution in [1.29, 1.82) is 0 Å². The van der Waals surface area contributed by atoms with Gasteiger partial charge in [-0.15, -0.1) is 0 Å². The molecule has 0 aliphatic rings. The third-order valence-corrected chi connectivity index (χ3v) is 6.35. The lowest BCUT2D eigenvalue weighted by Gasteiger charge is -2.24. The number of imidazole rings is 1. The highest BCUT2D eigenvalue weighted by Crippen LogP contribution is 2.42. The Morgan fingerprint density at radius 3 is 2.68 bits per heavy atom. The summed E-state index contributed by atoms with van der Waals surface area (Å²) in [6, 6.07) is 15.0. The van der Waals surface area contributed by atoms with Crippen molar-refractivity contribution in [2.45, 2.75) is 26.7 Å². The maximum Gasteiger partial charge on any atom is 0.260 e. The van der Waals surface area contributed by atoms with Gasteiger partial charge in [-0.2, -0.15) is 0 Å². The molecule has 198 valence electrons. The summed E-state index contributed by atoms with van der Waals surface area (Å²) in [6.07, 6.45) is 2.21. The minimum absolute atomic E-state index is 0.277. The van der Waals surface area contributed by atoms with E-state index in [4.69, 9.17) is 15.2 Å². The topological polar surface area (TPSA) is 123 Å². The van der Waals surface area contributed by atoms with E-state index in [9.17, 15) is 9.59 Å². The Balaban J connectivity index is 1.76. The van der Waals surface area contributed by atoms with Gasteiger partial charge in [0.25, 0.3) is 5.91 Å². The highest BCUT2D eigenvalue weighted by molar-refractivity contribution is 6.13. The highest BCUT2D eigenvalue weighted by atomic mass is 16.5. The van der Waals surface area contributed by atoms with Gasteiger partial charge in [-0.05, 0) is 69.1 Å². The Hall–Kier alpha value is -4.37. The van der Waals surface area contributed by atoms with Crippen molar-refractivity contribution in [3.8, 4) is 22.6 Å². The third-order valence-electron chi connectivity index (χ3n) is 6.35. The summed E-state index contributed by atoms with van der Waals surface area (Å²) in [5, 5.41) is 2.69. The van der Waals surface area contributed by atoms with Crippen molar-refractivity contribution in [1.82, 2.24) is 9.97 Å². The molecule has 4 N–H and O–H groups in total. The number of nitrogens with one attached hydrogen (secondary N) is 2. The van der Waals surface area contributed by atoms with E-state index in [0.717, 1.165) is 40.8 Å². The monoisotopic (exact) mass is 515 g/mol. The summed E-state index contributed by atoms with van der Waals surface area (Å²) in [4.78, 5) is 34.8. The van der Waals surface area contributed by atoms with Crippen LogP contribution in [0.4, 0.5) is 11.4 Å². The molecule has 0 aliphatic carbocycles. The maximum absolute atomic E-state index is 13.8. The number of aryl methyl sites for hydroxylation is 2. The third kappa shape index (κ3) is 5.33. The van der Waals surface area contributed by atoms with Gasteiger partial charge in [-0.3, -0.25) is 9.59 Å². The second kappa shape index (κ2) is 11.8. The van der Waals surface area contributed by atoms with E-state index in [2.05, 4.69) is 15.3 Å². The predicted octanol–water partition coefficient (Wildman–Crippen LogP) is 4.82. The fourth-order valence-corrected chi connectivity index (χ4v) is 4.49. The number of hydrogen-bond acceptors (Lipinski definition) is 6.